The van der Waals surface area contributed by atoms with Crippen molar-refractivity contribution in [2.75, 3.05) is 0 Å². The molecule has 0 atom stereocenters. The lowest BCUT2D eigenvalue weighted by atomic mass is 9.59. The fourth-order valence-electron chi connectivity index (χ4n) is 8.05. The van der Waals surface area contributed by atoms with Crippen LogP contribution in [-0.4, -0.2) is 54.2 Å². The predicted octanol–water partition coefficient (Wildman–Crippen LogP) is 7.30. The molecule has 59 heavy (non-hydrogen) atoms. The van der Waals surface area contributed by atoms with Crippen molar-refractivity contribution in [2.24, 2.45) is 0 Å². The molecule has 10 radical (unpaired) electrons. The summed E-state index contributed by atoms with van der Waals surface area (Å²) < 4.78 is 0. The van der Waals surface area contributed by atoms with E-state index in [1.807, 2.05) is 60.7 Å². The highest BCUT2D eigenvalue weighted by Crippen LogP contribution is 2.37. The van der Waals surface area contributed by atoms with Crippen LogP contribution in [0.5, 0.6) is 0 Å². The first-order valence-corrected chi connectivity index (χ1v) is 19.3. The highest BCUT2D eigenvalue weighted by Gasteiger charge is 2.17. The summed E-state index contributed by atoms with van der Waals surface area (Å²) in [5.74, 6) is 1.72. The third-order valence-corrected chi connectivity index (χ3v) is 11.2. The maximum absolute atomic E-state index is 6.40. The predicted molar refractivity (Wildman–Crippen MR) is 252 cm³/mol. The van der Waals surface area contributed by atoms with Crippen LogP contribution in [0.3, 0.4) is 0 Å². The normalized spacial score (nSPS) is 11.4. The van der Waals surface area contributed by atoms with Crippen molar-refractivity contribution in [2.45, 2.75) is 0 Å². The van der Waals surface area contributed by atoms with E-state index >= 15 is 0 Å². The Morgan fingerprint density at radius 1 is 0.271 bits per heavy atom. The molecule has 0 unspecified atom stereocenters. The zero-order valence-electron chi connectivity index (χ0n) is 31.9. The Morgan fingerprint density at radius 3 is 1.34 bits per heavy atom. The van der Waals surface area contributed by atoms with Crippen molar-refractivity contribution in [1.29, 1.82) is 0 Å². The van der Waals surface area contributed by atoms with Gasteiger partial charge in [-0.05, 0) is 90.0 Å². The molecule has 0 fully saturated rings. The number of rotatable bonds is 6. The Morgan fingerprint density at radius 2 is 0.678 bits per heavy atom. The molecule has 3 nitrogen and oxygen atoms in total. The van der Waals surface area contributed by atoms with Gasteiger partial charge in [0, 0.05) is 16.7 Å². The third kappa shape index (κ3) is 6.55. The molecule has 1 aromatic heterocycles. The molecule has 0 saturated heterocycles. The van der Waals surface area contributed by atoms with Crippen LogP contribution in [0.15, 0.2) is 170 Å². The molecule has 9 aromatic carbocycles. The lowest BCUT2D eigenvalue weighted by Gasteiger charge is -2.21. The minimum atomic E-state index is 0.187. The van der Waals surface area contributed by atoms with Crippen molar-refractivity contribution in [3.05, 3.63) is 170 Å². The molecule has 0 aliphatic carbocycles. The second-order valence-electron chi connectivity index (χ2n) is 14.7. The molecule has 0 aliphatic rings. The number of fused-ring (bicyclic) bond motifs is 3. The quantitative estimate of drug-likeness (QED) is 0.168. The molecule has 0 spiro atoms. The number of hydrogen-bond acceptors (Lipinski definition) is 3. The van der Waals surface area contributed by atoms with E-state index in [-0.39, 0.29) is 16.4 Å². The molecule has 0 N–H and O–H groups in total. The van der Waals surface area contributed by atoms with E-state index in [2.05, 4.69) is 109 Å². The number of benzene rings is 9. The van der Waals surface area contributed by atoms with Gasteiger partial charge in [-0.25, -0.2) is 15.0 Å². The van der Waals surface area contributed by atoms with Gasteiger partial charge in [-0.15, -0.1) is 16.4 Å². The lowest BCUT2D eigenvalue weighted by molar-refractivity contribution is 1.07. The molecule has 0 aliphatic heterocycles. The monoisotopic (exact) mass is 737 g/mol. The topological polar surface area (TPSA) is 38.7 Å². The molecule has 0 bridgehead atoms. The maximum atomic E-state index is 6.40. The van der Waals surface area contributed by atoms with E-state index in [9.17, 15) is 0 Å². The van der Waals surface area contributed by atoms with Crippen LogP contribution in [0.1, 0.15) is 0 Å². The lowest BCUT2D eigenvalue weighted by Crippen LogP contribution is -2.55. The van der Waals surface area contributed by atoms with Gasteiger partial charge in [0.05, 0.1) is 0 Å². The van der Waals surface area contributed by atoms with Crippen molar-refractivity contribution in [1.82, 2.24) is 15.0 Å². The van der Waals surface area contributed by atoms with Crippen LogP contribution in [-0.2, 0) is 0 Å². The second-order valence-corrected chi connectivity index (χ2v) is 14.7. The van der Waals surface area contributed by atoms with Gasteiger partial charge >= 0.3 is 0 Å². The van der Waals surface area contributed by atoms with Crippen LogP contribution in [0, 0.1) is 0 Å². The van der Waals surface area contributed by atoms with Gasteiger partial charge in [-0.2, -0.15) is 0 Å². The van der Waals surface area contributed by atoms with E-state index in [4.69, 9.17) is 54.2 Å². The van der Waals surface area contributed by atoms with Crippen LogP contribution in [0.2, 0.25) is 0 Å². The maximum Gasteiger partial charge on any atom is 0.164 e. The average molecular weight is 737 g/mol. The fraction of sp³-hybridized carbons (Fsp3) is 0. The van der Waals surface area contributed by atoms with Gasteiger partial charge in [-0.1, -0.05) is 157 Å². The van der Waals surface area contributed by atoms with Crippen molar-refractivity contribution in [3.8, 4) is 67.5 Å². The molecule has 262 valence electrons. The highest BCUT2D eigenvalue weighted by molar-refractivity contribution is 6.68. The van der Waals surface area contributed by atoms with Crippen LogP contribution < -0.4 is 27.3 Å². The summed E-state index contributed by atoms with van der Waals surface area (Å²) in [5, 5.41) is 6.75. The smallest absolute Gasteiger partial charge is 0.164 e. The first kappa shape index (κ1) is 36.4. The molecule has 10 aromatic rings. The molecule has 8 heteroatoms. The third-order valence-electron chi connectivity index (χ3n) is 11.2. The van der Waals surface area contributed by atoms with E-state index in [0.717, 1.165) is 44.2 Å². The minimum Gasteiger partial charge on any atom is -0.208 e. The largest absolute Gasteiger partial charge is 0.208 e. The van der Waals surface area contributed by atoms with Crippen molar-refractivity contribution >= 4 is 98.9 Å². The van der Waals surface area contributed by atoms with Crippen LogP contribution in [0.25, 0.3) is 99.9 Å². The number of nitrogens with zero attached hydrogens (tertiary/aromatic N) is 3. The Bertz CT molecular complexity index is 3260. The summed E-state index contributed by atoms with van der Waals surface area (Å²) in [5.41, 5.74) is 9.77. The zero-order chi connectivity index (χ0) is 40.2. The molecule has 1 heterocycles. The summed E-state index contributed by atoms with van der Waals surface area (Å²) >= 11 is 0. The van der Waals surface area contributed by atoms with E-state index < -0.39 is 0 Å². The van der Waals surface area contributed by atoms with Crippen LogP contribution >= 0.6 is 0 Å². The summed E-state index contributed by atoms with van der Waals surface area (Å²) in [4.78, 5) is 15.2. The van der Waals surface area contributed by atoms with Gasteiger partial charge in [0.15, 0.2) is 17.5 Å². The van der Waals surface area contributed by atoms with Gasteiger partial charge in [0.25, 0.3) is 0 Å². The van der Waals surface area contributed by atoms with E-state index in [1.165, 1.54) is 32.7 Å². The molecule has 0 amide bonds. The Kier molecular flexibility index (Phi) is 9.14. The highest BCUT2D eigenvalue weighted by atomic mass is 15.0. The molecule has 0 saturated carbocycles. The second kappa shape index (κ2) is 14.8. The SMILES string of the molecule is [B]c1c([B])c([B])c(-c2ccc3cc(-c4nc(-c5ccccc5)nc(-c5cccc(-c6cccc7c(-c8ccc9ccccc9c8)cccc67)c5)n4)ccc3c2)c([B])c1[B]. The van der Waals surface area contributed by atoms with Crippen molar-refractivity contribution in [3.63, 3.8) is 0 Å². The van der Waals surface area contributed by atoms with E-state index in [1.54, 1.807) is 0 Å². The average Bonchev–Trinajstić information content (AvgIpc) is 3.29. The minimum absolute atomic E-state index is 0.187. The van der Waals surface area contributed by atoms with Gasteiger partial charge in [0.2, 0.25) is 0 Å². The standard InChI is InChI=1S/C51H28B5N3/c52-44-43(45(53)47(55)48(56)46(44)54)36-23-20-33-27-38(24-21-32(33)26-36)51-58-49(30-10-2-1-3-11-30)57-50(59-51)37-14-6-13-34(28-37)39-15-7-18-42-40(16-8-17-41(39)42)35-22-19-29-9-4-5-12-31(29)25-35/h1-28H. The van der Waals surface area contributed by atoms with Crippen LogP contribution in [0.4, 0.5) is 0 Å². The molecular weight excluding hydrogens is 709 g/mol. The summed E-state index contributed by atoms with van der Waals surface area (Å²) in [6.07, 6.45) is 0. The van der Waals surface area contributed by atoms with Gasteiger partial charge in [-0.3, -0.25) is 0 Å². The fourth-order valence-corrected chi connectivity index (χ4v) is 8.05. The molecule has 10 rings (SSSR count). The van der Waals surface area contributed by atoms with E-state index in [0.29, 0.717) is 34.0 Å². The first-order valence-electron chi connectivity index (χ1n) is 19.3. The first-order chi connectivity index (χ1) is 28.8. The Labute approximate surface area is 349 Å². The summed E-state index contributed by atoms with van der Waals surface area (Å²) in [6, 6.07) is 58.7. The Hall–Kier alpha value is -6.91. The number of hydrogen-bond donors (Lipinski definition) is 0. The van der Waals surface area contributed by atoms with Gasteiger partial charge in [0.1, 0.15) is 39.2 Å². The van der Waals surface area contributed by atoms with Gasteiger partial charge < -0.3 is 0 Å². The number of aromatic nitrogens is 3. The zero-order valence-corrected chi connectivity index (χ0v) is 31.9. The summed E-state index contributed by atoms with van der Waals surface area (Å²) in [6.45, 7) is 0. The summed E-state index contributed by atoms with van der Waals surface area (Å²) in [7, 11) is 31.2. The van der Waals surface area contributed by atoms with Crippen molar-refractivity contribution < 1.29 is 0 Å². The Balaban J connectivity index is 1.06. The molecular formula is C51H28B5N3.